The van der Waals surface area contributed by atoms with Crippen LogP contribution in [0.25, 0.3) is 0 Å². The third kappa shape index (κ3) is 3.23. The highest BCUT2D eigenvalue weighted by Crippen LogP contribution is 2.32. The molecule has 1 unspecified atom stereocenters. The summed E-state index contributed by atoms with van der Waals surface area (Å²) in [5.41, 5.74) is 2.26. The molecule has 0 saturated heterocycles. The number of nitrogens with one attached hydrogen (secondary N) is 1. The maximum atomic E-state index is 5.93. The zero-order valence-electron chi connectivity index (χ0n) is 12.6. The smallest absolute Gasteiger partial charge is 0.128 e. The van der Waals surface area contributed by atoms with Gasteiger partial charge in [0.15, 0.2) is 0 Å². The number of para-hydroxylation sites is 1. The highest BCUT2D eigenvalue weighted by molar-refractivity contribution is 5.41. The third-order valence-electron chi connectivity index (χ3n) is 3.16. The van der Waals surface area contributed by atoms with E-state index >= 15 is 0 Å². The number of hydrogen-bond donors (Lipinski definition) is 1. The lowest BCUT2D eigenvalue weighted by Gasteiger charge is -2.21. The summed E-state index contributed by atoms with van der Waals surface area (Å²) in [6, 6.07) is 10.1. The lowest BCUT2D eigenvalue weighted by molar-refractivity contribution is 0.237. The summed E-state index contributed by atoms with van der Waals surface area (Å²) in [5.74, 6) is 1.86. The van der Waals surface area contributed by atoms with Gasteiger partial charge in [0.2, 0.25) is 0 Å². The average Bonchev–Trinajstić information content (AvgIpc) is 2.82. The number of aryl methyl sites for hydroxylation is 1. The second-order valence-corrected chi connectivity index (χ2v) is 5.16. The van der Waals surface area contributed by atoms with E-state index in [0.29, 0.717) is 0 Å². The third-order valence-corrected chi connectivity index (χ3v) is 3.16. The molecule has 20 heavy (non-hydrogen) atoms. The van der Waals surface area contributed by atoms with Crippen molar-refractivity contribution in [2.24, 2.45) is 0 Å². The number of ether oxygens (including phenoxy) is 1. The molecular formula is C17H23NO2. The monoisotopic (exact) mass is 273 g/mol. The van der Waals surface area contributed by atoms with Crippen molar-refractivity contribution in [1.29, 1.82) is 0 Å². The van der Waals surface area contributed by atoms with E-state index in [0.717, 1.165) is 29.2 Å². The predicted molar refractivity (Wildman–Crippen MR) is 81.2 cm³/mol. The Balaban J connectivity index is 2.42. The molecule has 1 atom stereocenters. The molecule has 0 radical (unpaired) electrons. The SMILES string of the molecule is CCNC(c1ccccc1OC(C)C)c1occc1C. The molecule has 108 valence electrons. The zero-order valence-corrected chi connectivity index (χ0v) is 12.6. The molecule has 0 fully saturated rings. The van der Waals surface area contributed by atoms with Crippen molar-refractivity contribution in [2.45, 2.75) is 39.8 Å². The second-order valence-electron chi connectivity index (χ2n) is 5.16. The molecule has 1 aromatic carbocycles. The van der Waals surface area contributed by atoms with Crippen LogP contribution in [0.5, 0.6) is 5.75 Å². The standard InChI is InChI=1S/C17H23NO2/c1-5-18-16(17-13(4)10-11-19-17)14-8-6-7-9-15(14)20-12(2)3/h6-12,16,18H,5H2,1-4H3. The number of rotatable bonds is 6. The van der Waals surface area contributed by atoms with E-state index in [1.807, 2.05) is 38.1 Å². The summed E-state index contributed by atoms with van der Waals surface area (Å²) < 4.78 is 11.6. The molecule has 2 aromatic rings. The summed E-state index contributed by atoms with van der Waals surface area (Å²) in [6.45, 7) is 9.10. The molecule has 0 aliphatic carbocycles. The van der Waals surface area contributed by atoms with Gasteiger partial charge in [0, 0.05) is 5.56 Å². The van der Waals surface area contributed by atoms with E-state index in [1.54, 1.807) is 6.26 Å². The first-order chi connectivity index (χ1) is 9.63. The van der Waals surface area contributed by atoms with Crippen LogP contribution in [0.4, 0.5) is 0 Å². The number of hydrogen-bond acceptors (Lipinski definition) is 3. The van der Waals surface area contributed by atoms with Crippen LogP contribution < -0.4 is 10.1 Å². The summed E-state index contributed by atoms with van der Waals surface area (Å²) in [5, 5.41) is 3.48. The van der Waals surface area contributed by atoms with Crippen molar-refractivity contribution >= 4 is 0 Å². The van der Waals surface area contributed by atoms with E-state index in [1.165, 1.54) is 0 Å². The molecular weight excluding hydrogens is 250 g/mol. The van der Waals surface area contributed by atoms with Crippen LogP contribution >= 0.6 is 0 Å². The van der Waals surface area contributed by atoms with Crippen LogP contribution in [0.15, 0.2) is 41.0 Å². The van der Waals surface area contributed by atoms with Gasteiger partial charge in [0.05, 0.1) is 18.4 Å². The van der Waals surface area contributed by atoms with Crippen molar-refractivity contribution in [3.63, 3.8) is 0 Å². The first-order valence-electron chi connectivity index (χ1n) is 7.16. The fourth-order valence-corrected chi connectivity index (χ4v) is 2.31. The lowest BCUT2D eigenvalue weighted by atomic mass is 10.0. The average molecular weight is 273 g/mol. The Bertz CT molecular complexity index is 545. The Kier molecular flexibility index (Phi) is 4.85. The second kappa shape index (κ2) is 6.62. The van der Waals surface area contributed by atoms with Gasteiger partial charge in [-0.1, -0.05) is 25.1 Å². The maximum absolute atomic E-state index is 5.93. The Hall–Kier alpha value is -1.74. The molecule has 0 saturated carbocycles. The zero-order chi connectivity index (χ0) is 14.5. The molecule has 0 amide bonds. The Morgan fingerprint density at radius 1 is 1.20 bits per heavy atom. The molecule has 0 bridgehead atoms. The highest BCUT2D eigenvalue weighted by atomic mass is 16.5. The summed E-state index contributed by atoms with van der Waals surface area (Å²) >= 11 is 0. The fourth-order valence-electron chi connectivity index (χ4n) is 2.31. The molecule has 1 N–H and O–H groups in total. The van der Waals surface area contributed by atoms with Crippen LogP contribution in [-0.2, 0) is 0 Å². The molecule has 0 aliphatic heterocycles. The molecule has 0 spiro atoms. The van der Waals surface area contributed by atoms with Crippen molar-refractivity contribution in [3.05, 3.63) is 53.5 Å². The molecule has 3 heteroatoms. The minimum Gasteiger partial charge on any atom is -0.491 e. The summed E-state index contributed by atoms with van der Waals surface area (Å²) in [4.78, 5) is 0. The quantitative estimate of drug-likeness (QED) is 0.861. The topological polar surface area (TPSA) is 34.4 Å². The summed E-state index contributed by atoms with van der Waals surface area (Å²) in [6.07, 6.45) is 1.89. The first kappa shape index (κ1) is 14.7. The Labute approximate surface area is 121 Å². The van der Waals surface area contributed by atoms with Crippen molar-refractivity contribution < 1.29 is 9.15 Å². The van der Waals surface area contributed by atoms with Gasteiger partial charge >= 0.3 is 0 Å². The van der Waals surface area contributed by atoms with Gasteiger partial charge in [-0.05, 0) is 45.0 Å². The van der Waals surface area contributed by atoms with E-state index in [4.69, 9.17) is 9.15 Å². The lowest BCUT2D eigenvalue weighted by Crippen LogP contribution is -2.23. The van der Waals surface area contributed by atoms with Crippen LogP contribution in [0.3, 0.4) is 0 Å². The summed E-state index contributed by atoms with van der Waals surface area (Å²) in [7, 11) is 0. The van der Waals surface area contributed by atoms with Crippen LogP contribution in [0.1, 0.15) is 43.7 Å². The van der Waals surface area contributed by atoms with Gasteiger partial charge in [-0.25, -0.2) is 0 Å². The minimum atomic E-state index is 0.0185. The van der Waals surface area contributed by atoms with E-state index in [2.05, 4.69) is 25.2 Å². The van der Waals surface area contributed by atoms with Gasteiger partial charge in [-0.3, -0.25) is 0 Å². The molecule has 1 aromatic heterocycles. The fraction of sp³-hybridized carbons (Fsp3) is 0.412. The van der Waals surface area contributed by atoms with Gasteiger partial charge in [0.25, 0.3) is 0 Å². The van der Waals surface area contributed by atoms with Gasteiger partial charge < -0.3 is 14.5 Å². The van der Waals surface area contributed by atoms with E-state index < -0.39 is 0 Å². The van der Waals surface area contributed by atoms with Crippen molar-refractivity contribution in [2.75, 3.05) is 6.54 Å². The van der Waals surface area contributed by atoms with Crippen LogP contribution in [0, 0.1) is 6.92 Å². The van der Waals surface area contributed by atoms with Crippen LogP contribution in [0.2, 0.25) is 0 Å². The van der Waals surface area contributed by atoms with Crippen molar-refractivity contribution in [3.8, 4) is 5.75 Å². The number of benzene rings is 1. The van der Waals surface area contributed by atoms with Crippen molar-refractivity contribution in [1.82, 2.24) is 5.32 Å². The Morgan fingerprint density at radius 3 is 2.55 bits per heavy atom. The largest absolute Gasteiger partial charge is 0.491 e. The predicted octanol–water partition coefficient (Wildman–Crippen LogP) is 4.07. The van der Waals surface area contributed by atoms with Gasteiger partial charge in [-0.15, -0.1) is 0 Å². The molecule has 1 heterocycles. The number of furan rings is 1. The van der Waals surface area contributed by atoms with E-state index in [-0.39, 0.29) is 12.1 Å². The normalized spacial score (nSPS) is 12.7. The van der Waals surface area contributed by atoms with Crippen LogP contribution in [-0.4, -0.2) is 12.6 Å². The van der Waals surface area contributed by atoms with Gasteiger partial charge in [-0.2, -0.15) is 0 Å². The Morgan fingerprint density at radius 2 is 1.95 bits per heavy atom. The molecule has 0 aliphatic rings. The minimum absolute atomic E-state index is 0.0185. The highest BCUT2D eigenvalue weighted by Gasteiger charge is 2.22. The first-order valence-corrected chi connectivity index (χ1v) is 7.16. The molecule has 2 rings (SSSR count). The van der Waals surface area contributed by atoms with E-state index in [9.17, 15) is 0 Å². The maximum Gasteiger partial charge on any atom is 0.128 e. The van der Waals surface area contributed by atoms with Gasteiger partial charge in [0.1, 0.15) is 11.5 Å². The molecule has 3 nitrogen and oxygen atoms in total.